The molecule has 0 fully saturated rings. The summed E-state index contributed by atoms with van der Waals surface area (Å²) in [4.78, 5) is 0. The number of halogens is 1. The SMILES string of the molecule is C=CC=CC(C)=C(C)F. The molecule has 0 heterocycles. The van der Waals surface area contributed by atoms with Crippen LogP contribution in [0.3, 0.4) is 0 Å². The van der Waals surface area contributed by atoms with E-state index in [0.717, 1.165) is 0 Å². The van der Waals surface area contributed by atoms with Gasteiger partial charge in [-0.25, -0.2) is 4.39 Å². The Hall–Kier alpha value is -0.850. The third-order valence-corrected chi connectivity index (χ3v) is 1.03. The molecule has 0 saturated heterocycles. The lowest BCUT2D eigenvalue weighted by Gasteiger charge is -1.88. The van der Waals surface area contributed by atoms with E-state index in [9.17, 15) is 4.39 Å². The maximum atomic E-state index is 12.2. The van der Waals surface area contributed by atoms with E-state index in [1.54, 1.807) is 25.2 Å². The fraction of sp³-hybridized carbons (Fsp3) is 0.250. The Morgan fingerprint density at radius 1 is 1.44 bits per heavy atom. The van der Waals surface area contributed by atoms with Gasteiger partial charge in [0.05, 0.1) is 5.83 Å². The molecule has 0 aliphatic heterocycles. The predicted molar refractivity (Wildman–Crippen MR) is 38.8 cm³/mol. The van der Waals surface area contributed by atoms with Crippen LogP contribution in [0.1, 0.15) is 13.8 Å². The summed E-state index contributed by atoms with van der Waals surface area (Å²) in [5.41, 5.74) is 0.648. The summed E-state index contributed by atoms with van der Waals surface area (Å²) in [6.45, 7) is 6.61. The van der Waals surface area contributed by atoms with Crippen LogP contribution in [0.2, 0.25) is 0 Å². The molecule has 0 nitrogen and oxygen atoms in total. The number of hydrogen-bond acceptors (Lipinski definition) is 0. The van der Waals surface area contributed by atoms with Crippen molar-refractivity contribution in [1.82, 2.24) is 0 Å². The third kappa shape index (κ3) is 3.71. The summed E-state index contributed by atoms with van der Waals surface area (Å²) in [6, 6.07) is 0. The first-order valence-corrected chi connectivity index (χ1v) is 2.80. The van der Waals surface area contributed by atoms with Crippen LogP contribution in [0.5, 0.6) is 0 Å². The van der Waals surface area contributed by atoms with Gasteiger partial charge in [0.1, 0.15) is 0 Å². The van der Waals surface area contributed by atoms with Crippen molar-refractivity contribution in [2.45, 2.75) is 13.8 Å². The molecule has 0 radical (unpaired) electrons. The van der Waals surface area contributed by atoms with E-state index in [0.29, 0.717) is 5.57 Å². The minimum atomic E-state index is -0.145. The van der Waals surface area contributed by atoms with Gasteiger partial charge in [0.25, 0.3) is 0 Å². The lowest BCUT2D eigenvalue weighted by molar-refractivity contribution is 0.631. The number of hydrogen-bond donors (Lipinski definition) is 0. The molecule has 0 aromatic carbocycles. The van der Waals surface area contributed by atoms with Gasteiger partial charge in [-0.15, -0.1) is 0 Å². The fourth-order valence-corrected chi connectivity index (χ4v) is 0.327. The Labute approximate surface area is 55.4 Å². The number of allylic oxidation sites excluding steroid dienone is 5. The van der Waals surface area contributed by atoms with Crippen molar-refractivity contribution in [2.75, 3.05) is 0 Å². The molecule has 1 heteroatoms. The molecule has 50 valence electrons. The Balaban J connectivity index is 4.06. The average molecular weight is 126 g/mol. The zero-order valence-electron chi connectivity index (χ0n) is 5.82. The Bertz CT molecular complexity index is 148. The van der Waals surface area contributed by atoms with E-state index in [4.69, 9.17) is 0 Å². The zero-order chi connectivity index (χ0) is 7.28. The molecule has 0 aliphatic rings. The van der Waals surface area contributed by atoms with Crippen LogP contribution < -0.4 is 0 Å². The summed E-state index contributed by atoms with van der Waals surface area (Å²) in [6.07, 6.45) is 5.01. The largest absolute Gasteiger partial charge is 0.212 e. The van der Waals surface area contributed by atoms with Crippen LogP contribution in [0.25, 0.3) is 0 Å². The minimum absolute atomic E-state index is 0.145. The average Bonchev–Trinajstić information content (AvgIpc) is 1.82. The summed E-state index contributed by atoms with van der Waals surface area (Å²) in [5, 5.41) is 0. The maximum absolute atomic E-state index is 12.2. The highest BCUT2D eigenvalue weighted by atomic mass is 19.1. The molecule has 0 rings (SSSR count). The Morgan fingerprint density at radius 3 is 2.33 bits per heavy atom. The topological polar surface area (TPSA) is 0 Å². The molecular weight excluding hydrogens is 115 g/mol. The van der Waals surface area contributed by atoms with Gasteiger partial charge in [0.2, 0.25) is 0 Å². The second-order valence-electron chi connectivity index (χ2n) is 1.81. The van der Waals surface area contributed by atoms with E-state index in [-0.39, 0.29) is 5.83 Å². The van der Waals surface area contributed by atoms with Crippen molar-refractivity contribution in [3.05, 3.63) is 36.2 Å². The summed E-state index contributed by atoms with van der Waals surface area (Å²) in [5.74, 6) is -0.145. The highest BCUT2D eigenvalue weighted by molar-refractivity contribution is 5.21. The monoisotopic (exact) mass is 126 g/mol. The lowest BCUT2D eigenvalue weighted by atomic mass is 10.2. The molecule has 0 spiro atoms. The van der Waals surface area contributed by atoms with Crippen LogP contribution in [0.15, 0.2) is 36.2 Å². The molecule has 0 aromatic heterocycles. The summed E-state index contributed by atoms with van der Waals surface area (Å²) in [7, 11) is 0. The van der Waals surface area contributed by atoms with Gasteiger partial charge in [0.15, 0.2) is 0 Å². The second-order valence-corrected chi connectivity index (χ2v) is 1.81. The van der Waals surface area contributed by atoms with Crippen LogP contribution in [-0.4, -0.2) is 0 Å². The van der Waals surface area contributed by atoms with Crippen molar-refractivity contribution in [2.24, 2.45) is 0 Å². The lowest BCUT2D eigenvalue weighted by Crippen LogP contribution is -1.69. The van der Waals surface area contributed by atoms with Crippen LogP contribution in [0, 0.1) is 0 Å². The maximum Gasteiger partial charge on any atom is 0.0997 e. The second kappa shape index (κ2) is 4.07. The van der Waals surface area contributed by atoms with Gasteiger partial charge in [-0.3, -0.25) is 0 Å². The van der Waals surface area contributed by atoms with Crippen LogP contribution in [0.4, 0.5) is 4.39 Å². The number of rotatable bonds is 2. The standard InChI is InChI=1S/C8H11F/c1-4-5-6-7(2)8(3)9/h4-6H,1H2,2-3H3. The van der Waals surface area contributed by atoms with Gasteiger partial charge in [-0.05, 0) is 19.4 Å². The van der Waals surface area contributed by atoms with Gasteiger partial charge in [-0.2, -0.15) is 0 Å². The molecule has 0 unspecified atom stereocenters. The molecule has 0 aromatic rings. The summed E-state index contributed by atoms with van der Waals surface area (Å²) < 4.78 is 12.2. The molecule has 0 amide bonds. The van der Waals surface area contributed by atoms with E-state index >= 15 is 0 Å². The third-order valence-electron chi connectivity index (χ3n) is 1.03. The van der Waals surface area contributed by atoms with Gasteiger partial charge in [0, 0.05) is 0 Å². The van der Waals surface area contributed by atoms with E-state index in [1.165, 1.54) is 6.92 Å². The molecule has 0 N–H and O–H groups in total. The van der Waals surface area contributed by atoms with Crippen molar-refractivity contribution in [3.8, 4) is 0 Å². The molecule has 0 atom stereocenters. The molecular formula is C8H11F. The van der Waals surface area contributed by atoms with Crippen LogP contribution in [-0.2, 0) is 0 Å². The van der Waals surface area contributed by atoms with Crippen molar-refractivity contribution in [1.29, 1.82) is 0 Å². The fourth-order valence-electron chi connectivity index (χ4n) is 0.327. The first kappa shape index (κ1) is 8.15. The van der Waals surface area contributed by atoms with Gasteiger partial charge >= 0.3 is 0 Å². The highest BCUT2D eigenvalue weighted by Crippen LogP contribution is 2.04. The first-order chi connectivity index (χ1) is 4.18. The van der Waals surface area contributed by atoms with Gasteiger partial charge in [-0.1, -0.05) is 24.8 Å². The zero-order valence-corrected chi connectivity index (χ0v) is 5.82. The Kier molecular flexibility index (Phi) is 3.69. The first-order valence-electron chi connectivity index (χ1n) is 2.80. The van der Waals surface area contributed by atoms with Gasteiger partial charge < -0.3 is 0 Å². The summed E-state index contributed by atoms with van der Waals surface area (Å²) >= 11 is 0. The molecule has 0 bridgehead atoms. The van der Waals surface area contributed by atoms with Crippen molar-refractivity contribution in [3.63, 3.8) is 0 Å². The quantitative estimate of drug-likeness (QED) is 0.499. The van der Waals surface area contributed by atoms with E-state index in [1.807, 2.05) is 0 Å². The smallest absolute Gasteiger partial charge is 0.0997 e. The van der Waals surface area contributed by atoms with E-state index in [2.05, 4.69) is 6.58 Å². The highest BCUT2D eigenvalue weighted by Gasteiger charge is 1.85. The minimum Gasteiger partial charge on any atom is -0.212 e. The van der Waals surface area contributed by atoms with Crippen LogP contribution >= 0.6 is 0 Å². The Morgan fingerprint density at radius 2 is 2.00 bits per heavy atom. The predicted octanol–water partition coefficient (Wildman–Crippen LogP) is 2.99. The molecule has 0 aliphatic carbocycles. The van der Waals surface area contributed by atoms with Crippen molar-refractivity contribution >= 4 is 0 Å². The normalized spacial score (nSPS) is 13.7. The molecule has 0 saturated carbocycles. The molecule has 9 heavy (non-hydrogen) atoms. The van der Waals surface area contributed by atoms with Crippen molar-refractivity contribution < 1.29 is 4.39 Å². The van der Waals surface area contributed by atoms with E-state index < -0.39 is 0 Å².